The Labute approximate surface area is 112 Å². The van der Waals surface area contributed by atoms with Gasteiger partial charge in [0.25, 0.3) is 0 Å². The van der Waals surface area contributed by atoms with Crippen LogP contribution in [0.25, 0.3) is 0 Å². The topological polar surface area (TPSA) is 74.6 Å². The van der Waals surface area contributed by atoms with Crippen LogP contribution in [0.4, 0.5) is 26.3 Å². The molecule has 0 fully saturated rings. The number of halogens is 6. The second-order valence-electron chi connectivity index (χ2n) is 3.89. The van der Waals surface area contributed by atoms with Crippen LogP contribution in [0.15, 0.2) is 24.3 Å². The van der Waals surface area contributed by atoms with Gasteiger partial charge in [0.05, 0.1) is 5.56 Å². The fraction of sp³-hybridized carbons (Fsp3) is 0.273. The van der Waals surface area contributed by atoms with E-state index < -0.39 is 40.8 Å². The van der Waals surface area contributed by atoms with E-state index in [1.54, 1.807) is 0 Å². The number of hydrogen-bond donors (Lipinski definition) is 2. The summed E-state index contributed by atoms with van der Waals surface area (Å²) in [5.74, 6) is -11.5. The molecule has 0 bridgehead atoms. The lowest BCUT2D eigenvalue weighted by Gasteiger charge is -2.32. The van der Waals surface area contributed by atoms with Crippen molar-refractivity contribution in [2.45, 2.75) is 17.8 Å². The highest BCUT2D eigenvalue weighted by atomic mass is 19.4. The van der Waals surface area contributed by atoms with Gasteiger partial charge in [-0.15, -0.1) is 0 Å². The third-order valence-corrected chi connectivity index (χ3v) is 2.61. The molecule has 0 saturated heterocycles. The molecule has 0 aliphatic rings. The Balaban J connectivity index is 3.74. The molecule has 4 nitrogen and oxygen atoms in total. The first-order valence-electron chi connectivity index (χ1n) is 5.07. The lowest BCUT2D eigenvalue weighted by Crippen LogP contribution is -2.57. The van der Waals surface area contributed by atoms with Crippen molar-refractivity contribution in [3.8, 4) is 0 Å². The molecule has 1 rings (SSSR count). The molecule has 0 spiro atoms. The van der Waals surface area contributed by atoms with Gasteiger partial charge in [-0.05, 0) is 6.07 Å². The second kappa shape index (κ2) is 4.93. The first-order valence-corrected chi connectivity index (χ1v) is 5.07. The van der Waals surface area contributed by atoms with Gasteiger partial charge in [-0.3, -0.25) is 0 Å². The third kappa shape index (κ3) is 2.41. The van der Waals surface area contributed by atoms with Crippen LogP contribution in [0, 0.1) is 0 Å². The van der Waals surface area contributed by atoms with Crippen molar-refractivity contribution in [2.24, 2.45) is 0 Å². The number of carbonyl (C=O) groups is 2. The average molecular weight is 316 g/mol. The lowest BCUT2D eigenvalue weighted by molar-refractivity contribution is -0.327. The Morgan fingerprint density at radius 3 is 1.76 bits per heavy atom. The minimum Gasteiger partial charge on any atom is -0.478 e. The van der Waals surface area contributed by atoms with Crippen LogP contribution in [0.3, 0.4) is 0 Å². The Kier molecular flexibility index (Phi) is 3.95. The van der Waals surface area contributed by atoms with Crippen LogP contribution in [0.1, 0.15) is 15.9 Å². The quantitative estimate of drug-likeness (QED) is 0.838. The highest BCUT2D eigenvalue weighted by molar-refractivity contribution is 5.93. The summed E-state index contributed by atoms with van der Waals surface area (Å²) in [6, 6.07) is 2.42. The lowest BCUT2D eigenvalue weighted by atomic mass is 9.85. The van der Waals surface area contributed by atoms with Crippen LogP contribution in [-0.2, 0) is 10.5 Å². The van der Waals surface area contributed by atoms with E-state index in [1.165, 1.54) is 0 Å². The summed E-state index contributed by atoms with van der Waals surface area (Å²) in [6.45, 7) is 0. The number of aliphatic carboxylic acids is 1. The molecule has 21 heavy (non-hydrogen) atoms. The first kappa shape index (κ1) is 16.8. The molecule has 0 aliphatic heterocycles. The molecule has 1 aromatic carbocycles. The van der Waals surface area contributed by atoms with Gasteiger partial charge in [0.2, 0.25) is 0 Å². The van der Waals surface area contributed by atoms with Crippen LogP contribution >= 0.6 is 0 Å². The van der Waals surface area contributed by atoms with Crippen LogP contribution in [-0.4, -0.2) is 34.3 Å². The molecule has 0 heterocycles. The molecule has 10 heteroatoms. The molecule has 1 unspecified atom stereocenters. The van der Waals surface area contributed by atoms with Crippen molar-refractivity contribution in [1.82, 2.24) is 0 Å². The van der Waals surface area contributed by atoms with Gasteiger partial charge < -0.3 is 10.2 Å². The van der Waals surface area contributed by atoms with E-state index in [0.717, 1.165) is 12.1 Å². The zero-order chi connectivity index (χ0) is 16.6. The fourth-order valence-electron chi connectivity index (χ4n) is 1.58. The molecule has 2 N–H and O–H groups in total. The van der Waals surface area contributed by atoms with Crippen molar-refractivity contribution in [1.29, 1.82) is 0 Å². The maximum Gasteiger partial charge on any atom is 0.457 e. The monoisotopic (exact) mass is 316 g/mol. The van der Waals surface area contributed by atoms with Gasteiger partial charge in [-0.25, -0.2) is 14.0 Å². The van der Waals surface area contributed by atoms with Gasteiger partial charge in [-0.2, -0.15) is 22.0 Å². The molecular formula is C11H6F6O4. The SMILES string of the molecule is O=C(O)c1ccccc1C(F)(C(=O)O)C(F)(F)C(F)(F)F. The fourth-order valence-corrected chi connectivity index (χ4v) is 1.58. The van der Waals surface area contributed by atoms with Crippen molar-refractivity contribution in [3.05, 3.63) is 35.4 Å². The Morgan fingerprint density at radius 2 is 1.38 bits per heavy atom. The van der Waals surface area contributed by atoms with Gasteiger partial charge in [0.15, 0.2) is 0 Å². The number of rotatable bonds is 4. The van der Waals surface area contributed by atoms with Crippen molar-refractivity contribution in [2.75, 3.05) is 0 Å². The Bertz CT molecular complexity index is 582. The minimum absolute atomic E-state index is 0.247. The maximum absolute atomic E-state index is 14.2. The van der Waals surface area contributed by atoms with Gasteiger partial charge in [0, 0.05) is 5.56 Å². The van der Waals surface area contributed by atoms with E-state index in [4.69, 9.17) is 10.2 Å². The zero-order valence-corrected chi connectivity index (χ0v) is 9.79. The molecule has 0 aliphatic carbocycles. The molecule has 0 amide bonds. The van der Waals surface area contributed by atoms with E-state index in [0.29, 0.717) is 6.07 Å². The van der Waals surface area contributed by atoms with Crippen molar-refractivity contribution < 1.29 is 46.1 Å². The molecule has 116 valence electrons. The van der Waals surface area contributed by atoms with E-state index in [-0.39, 0.29) is 6.07 Å². The second-order valence-corrected chi connectivity index (χ2v) is 3.89. The number of carboxylic acids is 2. The summed E-state index contributed by atoms with van der Waals surface area (Å²) in [4.78, 5) is 21.5. The van der Waals surface area contributed by atoms with E-state index >= 15 is 0 Å². The molecule has 0 aromatic heterocycles. The summed E-state index contributed by atoms with van der Waals surface area (Å²) < 4.78 is 77.7. The van der Waals surface area contributed by atoms with Crippen molar-refractivity contribution >= 4 is 11.9 Å². The van der Waals surface area contributed by atoms with Crippen molar-refractivity contribution in [3.63, 3.8) is 0 Å². The zero-order valence-electron chi connectivity index (χ0n) is 9.79. The largest absolute Gasteiger partial charge is 0.478 e. The number of carboxylic acid groups (broad SMARTS) is 2. The van der Waals surface area contributed by atoms with E-state index in [9.17, 15) is 35.9 Å². The summed E-state index contributed by atoms with van der Waals surface area (Å²) in [6.07, 6.45) is -6.54. The Morgan fingerprint density at radius 1 is 0.905 bits per heavy atom. The van der Waals surface area contributed by atoms with Gasteiger partial charge in [0.1, 0.15) is 0 Å². The Hall–Kier alpha value is -2.26. The minimum atomic E-state index is -6.54. The first-order chi connectivity index (χ1) is 9.37. The number of benzene rings is 1. The molecule has 0 saturated carbocycles. The highest BCUT2D eigenvalue weighted by Crippen LogP contribution is 2.51. The third-order valence-electron chi connectivity index (χ3n) is 2.61. The number of hydrogen-bond acceptors (Lipinski definition) is 2. The molecule has 0 radical (unpaired) electrons. The van der Waals surface area contributed by atoms with Crippen LogP contribution in [0.2, 0.25) is 0 Å². The van der Waals surface area contributed by atoms with Crippen LogP contribution < -0.4 is 0 Å². The smallest absolute Gasteiger partial charge is 0.457 e. The summed E-state index contributed by atoms with van der Waals surface area (Å²) >= 11 is 0. The predicted octanol–water partition coefficient (Wildman–Crippen LogP) is 2.83. The molecular weight excluding hydrogens is 310 g/mol. The van der Waals surface area contributed by atoms with E-state index in [1.807, 2.05) is 0 Å². The number of alkyl halides is 6. The van der Waals surface area contributed by atoms with Gasteiger partial charge >= 0.3 is 29.7 Å². The standard InChI is InChI=1S/C11H6F6O4/c12-9(8(20)21,10(13,14)11(15,16)17)6-4-2-1-3-5(6)7(18)19/h1-4H,(H,18,19)(H,20,21). The predicted molar refractivity (Wildman–Crippen MR) is 54.8 cm³/mol. The molecule has 1 aromatic rings. The highest BCUT2D eigenvalue weighted by Gasteiger charge is 2.76. The van der Waals surface area contributed by atoms with E-state index in [2.05, 4.69) is 0 Å². The molecule has 1 atom stereocenters. The maximum atomic E-state index is 14.2. The average Bonchev–Trinajstić information content (AvgIpc) is 2.35. The number of aromatic carboxylic acids is 1. The summed E-state index contributed by atoms with van der Waals surface area (Å²) in [5.41, 5.74) is -8.39. The normalized spacial score (nSPS) is 15.3. The van der Waals surface area contributed by atoms with Crippen LogP contribution in [0.5, 0.6) is 0 Å². The summed E-state index contributed by atoms with van der Waals surface area (Å²) in [7, 11) is 0. The summed E-state index contributed by atoms with van der Waals surface area (Å²) in [5, 5.41) is 17.2. The van der Waals surface area contributed by atoms with Gasteiger partial charge in [-0.1, -0.05) is 18.2 Å².